The van der Waals surface area contributed by atoms with Crippen molar-refractivity contribution >= 4 is 22.1 Å². The molecule has 0 aliphatic carbocycles. The molecule has 1 aromatic rings. The summed E-state index contributed by atoms with van der Waals surface area (Å²) in [4.78, 5) is 11.2. The maximum atomic E-state index is 11.1. The maximum Gasteiger partial charge on any atom is 0.352 e. The van der Waals surface area contributed by atoms with Crippen LogP contribution in [0.25, 0.3) is 0 Å². The van der Waals surface area contributed by atoms with E-state index in [-0.39, 0.29) is 16.1 Å². The molecule has 0 saturated heterocycles. The molecule has 0 fully saturated rings. The number of para-hydroxylation sites is 1. The maximum absolute atomic E-state index is 11.1. The van der Waals surface area contributed by atoms with Gasteiger partial charge in [-0.15, -0.1) is 0 Å². The summed E-state index contributed by atoms with van der Waals surface area (Å²) in [6, 6.07) is 8.63. The highest BCUT2D eigenvalue weighted by Gasteiger charge is 2.07. The molecule has 0 radical (unpaired) electrons. The molecule has 4 heteroatoms. The smallest absolute Gasteiger partial charge is 0.352 e. The quantitative estimate of drug-likeness (QED) is 0.402. The van der Waals surface area contributed by atoms with Crippen LogP contribution in [0.5, 0.6) is 5.75 Å². The van der Waals surface area contributed by atoms with Crippen molar-refractivity contribution in [3.63, 3.8) is 0 Å². The normalized spacial score (nSPS) is 9.00. The van der Waals surface area contributed by atoms with Gasteiger partial charge in [-0.05, 0) is 19.1 Å². The highest BCUT2D eigenvalue weighted by molar-refractivity contribution is 7.68. The number of rotatable bonds is 2. The predicted octanol–water partition coefficient (Wildman–Crippen LogP) is 0.997. The van der Waals surface area contributed by atoms with E-state index < -0.39 is 5.97 Å². The lowest BCUT2D eigenvalue weighted by atomic mass is 10.3. The summed E-state index contributed by atoms with van der Waals surface area (Å²) in [5, 5.41) is 0. The third-order valence-electron chi connectivity index (χ3n) is 1.37. The molecule has 0 unspecified atom stereocenters. The van der Waals surface area contributed by atoms with Gasteiger partial charge in [0.2, 0.25) is 0 Å². The van der Waals surface area contributed by atoms with Crippen LogP contribution >= 0.6 is 0 Å². The standard InChI is InChI=1S/C9H8O3S/c1-7(13-11)9(10)12-8-5-3-2-4-6-8/h2-6H,1H3. The van der Waals surface area contributed by atoms with Gasteiger partial charge < -0.3 is 4.74 Å². The lowest BCUT2D eigenvalue weighted by Crippen LogP contribution is -2.16. The number of carbonyl (C=O) groups excluding carboxylic acids is 1. The van der Waals surface area contributed by atoms with Crippen LogP contribution in [0.2, 0.25) is 0 Å². The Bertz CT molecular complexity index is 352. The zero-order chi connectivity index (χ0) is 9.68. The molecule has 13 heavy (non-hydrogen) atoms. The Hall–Kier alpha value is -1.42. The molecule has 0 spiro atoms. The van der Waals surface area contributed by atoms with Gasteiger partial charge in [0.25, 0.3) is 0 Å². The van der Waals surface area contributed by atoms with Gasteiger partial charge in [-0.3, -0.25) is 0 Å². The van der Waals surface area contributed by atoms with Crippen molar-refractivity contribution in [1.82, 2.24) is 0 Å². The Labute approximate surface area is 79.4 Å². The molecular weight excluding hydrogens is 188 g/mol. The molecule has 68 valence electrons. The Morgan fingerprint density at radius 1 is 1.31 bits per heavy atom. The van der Waals surface area contributed by atoms with Crippen molar-refractivity contribution in [3.05, 3.63) is 30.3 Å². The van der Waals surface area contributed by atoms with Crippen molar-refractivity contribution in [2.24, 2.45) is 0 Å². The van der Waals surface area contributed by atoms with E-state index in [0.29, 0.717) is 5.75 Å². The molecule has 0 aliphatic rings. The van der Waals surface area contributed by atoms with E-state index in [2.05, 4.69) is 0 Å². The molecule has 0 saturated carbocycles. The van der Waals surface area contributed by atoms with E-state index in [0.717, 1.165) is 0 Å². The molecular formula is C9H8O3S. The first-order valence-electron chi connectivity index (χ1n) is 3.64. The molecule has 1 aromatic carbocycles. The van der Waals surface area contributed by atoms with Gasteiger partial charge in [0.05, 0.1) is 11.3 Å². The van der Waals surface area contributed by atoms with Crippen molar-refractivity contribution < 1.29 is 13.7 Å². The molecule has 0 aliphatic heterocycles. The Balaban J connectivity index is 2.71. The van der Waals surface area contributed by atoms with Crippen LogP contribution in [0.4, 0.5) is 0 Å². The molecule has 3 nitrogen and oxygen atoms in total. The highest BCUT2D eigenvalue weighted by atomic mass is 32.1. The van der Waals surface area contributed by atoms with Gasteiger partial charge in [-0.2, -0.15) is 0 Å². The van der Waals surface area contributed by atoms with Crippen LogP contribution in [0.3, 0.4) is 0 Å². The molecule has 0 heterocycles. The van der Waals surface area contributed by atoms with Crippen molar-refractivity contribution in [2.45, 2.75) is 6.92 Å². The van der Waals surface area contributed by atoms with Crippen LogP contribution in [0.1, 0.15) is 6.92 Å². The second-order valence-corrected chi connectivity index (χ2v) is 3.12. The van der Waals surface area contributed by atoms with E-state index in [1.54, 1.807) is 24.3 Å². The molecule has 0 amide bonds. The SMILES string of the molecule is CC(=S=O)C(=O)Oc1ccccc1. The second-order valence-electron chi connectivity index (χ2n) is 2.34. The summed E-state index contributed by atoms with van der Waals surface area (Å²) in [7, 11) is 0. The summed E-state index contributed by atoms with van der Waals surface area (Å²) in [6.07, 6.45) is 0. The van der Waals surface area contributed by atoms with E-state index in [9.17, 15) is 9.00 Å². The number of carbonyl (C=O) groups is 1. The summed E-state index contributed by atoms with van der Waals surface area (Å²) in [5.41, 5.74) is 0. The van der Waals surface area contributed by atoms with Crippen molar-refractivity contribution in [2.75, 3.05) is 0 Å². The largest absolute Gasteiger partial charge is 0.423 e. The van der Waals surface area contributed by atoms with Crippen LogP contribution in [-0.4, -0.2) is 15.0 Å². The highest BCUT2D eigenvalue weighted by Crippen LogP contribution is 2.08. The predicted molar refractivity (Wildman–Crippen MR) is 50.9 cm³/mol. The van der Waals surface area contributed by atoms with Gasteiger partial charge in [0, 0.05) is 0 Å². The minimum Gasteiger partial charge on any atom is -0.423 e. The van der Waals surface area contributed by atoms with E-state index in [1.165, 1.54) is 6.92 Å². The summed E-state index contributed by atoms with van der Waals surface area (Å²) in [5.74, 6) is -0.146. The minimum atomic E-state index is -0.591. The second kappa shape index (κ2) is 4.57. The molecule has 0 atom stereocenters. The topological polar surface area (TPSA) is 43.4 Å². The fourth-order valence-electron chi connectivity index (χ4n) is 0.701. The number of ether oxygens (including phenoxy) is 1. The van der Waals surface area contributed by atoms with Crippen LogP contribution < -0.4 is 4.74 Å². The average molecular weight is 196 g/mol. The van der Waals surface area contributed by atoms with Gasteiger partial charge in [0.15, 0.2) is 0 Å². The van der Waals surface area contributed by atoms with Crippen molar-refractivity contribution in [1.29, 1.82) is 0 Å². The number of hydrogen-bond donors (Lipinski definition) is 0. The zero-order valence-electron chi connectivity index (χ0n) is 7.02. The molecule has 1 rings (SSSR count). The average Bonchev–Trinajstić information content (AvgIpc) is 2.18. The van der Waals surface area contributed by atoms with Gasteiger partial charge in [0.1, 0.15) is 10.6 Å². The van der Waals surface area contributed by atoms with Gasteiger partial charge in [-0.25, -0.2) is 9.00 Å². The lowest BCUT2D eigenvalue weighted by Gasteiger charge is -2.00. The summed E-state index contributed by atoms with van der Waals surface area (Å²) >= 11 is 0.144. The van der Waals surface area contributed by atoms with Crippen LogP contribution in [-0.2, 0) is 16.1 Å². The first-order valence-corrected chi connectivity index (χ1v) is 4.39. The monoisotopic (exact) mass is 196 g/mol. The first-order chi connectivity index (χ1) is 6.24. The number of esters is 1. The third kappa shape index (κ3) is 2.83. The Morgan fingerprint density at radius 2 is 1.92 bits per heavy atom. The van der Waals surface area contributed by atoms with E-state index >= 15 is 0 Å². The zero-order valence-corrected chi connectivity index (χ0v) is 7.84. The Morgan fingerprint density at radius 3 is 2.46 bits per heavy atom. The minimum absolute atomic E-state index is 0.101. The van der Waals surface area contributed by atoms with Gasteiger partial charge >= 0.3 is 5.97 Å². The summed E-state index contributed by atoms with van der Waals surface area (Å²) < 4.78 is 15.1. The van der Waals surface area contributed by atoms with E-state index in [1.807, 2.05) is 6.07 Å². The fourth-order valence-corrected chi connectivity index (χ4v) is 0.811. The fraction of sp³-hybridized carbons (Fsp3) is 0.111. The van der Waals surface area contributed by atoms with Crippen LogP contribution in [0, 0.1) is 0 Å². The lowest BCUT2D eigenvalue weighted by molar-refractivity contribution is -0.126. The third-order valence-corrected chi connectivity index (χ3v) is 1.78. The number of benzene rings is 1. The Kier molecular flexibility index (Phi) is 3.40. The first kappa shape index (κ1) is 9.67. The molecule has 0 aromatic heterocycles. The molecule has 0 N–H and O–H groups in total. The van der Waals surface area contributed by atoms with Crippen molar-refractivity contribution in [3.8, 4) is 5.75 Å². The van der Waals surface area contributed by atoms with Crippen LogP contribution in [0.15, 0.2) is 30.3 Å². The summed E-state index contributed by atoms with van der Waals surface area (Å²) in [6.45, 7) is 1.43. The van der Waals surface area contributed by atoms with Gasteiger partial charge in [-0.1, -0.05) is 18.2 Å². The molecule has 0 bridgehead atoms. The number of hydrogen-bond acceptors (Lipinski definition) is 3. The van der Waals surface area contributed by atoms with E-state index in [4.69, 9.17) is 4.74 Å².